The lowest BCUT2D eigenvalue weighted by atomic mass is 10.1. The molecule has 1 amide bonds. The number of nitro benzene ring substituents is 2. The molecule has 0 saturated heterocycles. The maximum absolute atomic E-state index is 12.0. The third-order valence-electron chi connectivity index (χ3n) is 3.48. The Hall–Kier alpha value is -3.49. The van der Waals surface area contributed by atoms with Gasteiger partial charge in [-0.1, -0.05) is 6.07 Å². The summed E-state index contributed by atoms with van der Waals surface area (Å²) in [4.78, 5) is 32.6. The van der Waals surface area contributed by atoms with Crippen molar-refractivity contribution in [1.82, 2.24) is 0 Å². The average molecular weight is 345 g/mol. The van der Waals surface area contributed by atoms with Crippen LogP contribution < -0.4 is 10.1 Å². The normalized spacial score (nSPS) is 10.2. The van der Waals surface area contributed by atoms with Crippen molar-refractivity contribution in [2.24, 2.45) is 0 Å². The number of amides is 1. The molecule has 130 valence electrons. The Morgan fingerprint density at radius 2 is 1.76 bits per heavy atom. The van der Waals surface area contributed by atoms with Gasteiger partial charge in [-0.25, -0.2) is 0 Å². The molecule has 2 rings (SSSR count). The van der Waals surface area contributed by atoms with Crippen LogP contribution in [0, 0.1) is 34.1 Å². The van der Waals surface area contributed by atoms with Crippen molar-refractivity contribution in [2.75, 3.05) is 11.9 Å². The molecular weight excluding hydrogens is 330 g/mol. The van der Waals surface area contributed by atoms with Crippen molar-refractivity contribution in [3.63, 3.8) is 0 Å². The van der Waals surface area contributed by atoms with Gasteiger partial charge in [0, 0.05) is 12.1 Å². The Labute approximate surface area is 142 Å². The lowest BCUT2D eigenvalue weighted by Gasteiger charge is -2.10. The number of nitrogens with one attached hydrogen (secondary N) is 1. The number of anilines is 1. The Balaban J connectivity index is 2.08. The summed E-state index contributed by atoms with van der Waals surface area (Å²) in [5.41, 5.74) is 1.22. The second kappa shape index (κ2) is 7.39. The zero-order valence-corrected chi connectivity index (χ0v) is 13.5. The summed E-state index contributed by atoms with van der Waals surface area (Å²) in [5.74, 6) is -0.461. The topological polar surface area (TPSA) is 125 Å². The first-order valence-corrected chi connectivity index (χ1v) is 7.20. The van der Waals surface area contributed by atoms with Gasteiger partial charge in [0.25, 0.3) is 17.3 Å². The highest BCUT2D eigenvalue weighted by Gasteiger charge is 2.18. The maximum Gasteiger partial charge on any atom is 0.293 e. The van der Waals surface area contributed by atoms with Crippen LogP contribution in [0.3, 0.4) is 0 Å². The molecule has 9 heteroatoms. The van der Waals surface area contributed by atoms with Gasteiger partial charge >= 0.3 is 0 Å². The average Bonchev–Trinajstić information content (AvgIpc) is 2.56. The number of nitro groups is 2. The number of hydrogen-bond donors (Lipinski definition) is 1. The molecule has 0 aliphatic heterocycles. The SMILES string of the molecule is Cc1cc(NC(=O)COc2cccc([N+](=O)[O-])c2)c([N+](=O)[O-])cc1C. The van der Waals surface area contributed by atoms with Crippen LogP contribution in [0.25, 0.3) is 0 Å². The fourth-order valence-corrected chi connectivity index (χ4v) is 2.07. The minimum atomic E-state index is -0.613. The second-order valence-electron chi connectivity index (χ2n) is 5.30. The summed E-state index contributed by atoms with van der Waals surface area (Å²) in [7, 11) is 0. The lowest BCUT2D eigenvalue weighted by molar-refractivity contribution is -0.385. The standard InChI is InChI=1S/C16H15N3O6/c1-10-6-14(15(19(23)24)7-11(10)2)17-16(20)9-25-13-5-3-4-12(8-13)18(21)22/h3-8H,9H2,1-2H3,(H,17,20). The monoisotopic (exact) mass is 345 g/mol. The minimum absolute atomic E-state index is 0.0701. The van der Waals surface area contributed by atoms with Gasteiger partial charge in [0.1, 0.15) is 11.4 Å². The highest BCUT2D eigenvalue weighted by atomic mass is 16.6. The number of carbonyl (C=O) groups excluding carboxylic acids is 1. The van der Waals surface area contributed by atoms with E-state index in [1.54, 1.807) is 13.8 Å². The van der Waals surface area contributed by atoms with E-state index in [0.717, 1.165) is 11.1 Å². The molecule has 2 aromatic carbocycles. The molecule has 0 aliphatic carbocycles. The Morgan fingerprint density at radius 1 is 1.08 bits per heavy atom. The van der Waals surface area contributed by atoms with Crippen LogP contribution >= 0.6 is 0 Å². The van der Waals surface area contributed by atoms with E-state index < -0.39 is 22.4 Å². The molecule has 0 bridgehead atoms. The molecule has 25 heavy (non-hydrogen) atoms. The van der Waals surface area contributed by atoms with E-state index >= 15 is 0 Å². The van der Waals surface area contributed by atoms with Gasteiger partial charge in [0.2, 0.25) is 0 Å². The molecule has 2 aromatic rings. The number of rotatable bonds is 6. The number of non-ortho nitro benzene ring substituents is 1. The number of hydrogen-bond acceptors (Lipinski definition) is 6. The number of carbonyl (C=O) groups is 1. The molecule has 0 saturated carbocycles. The molecular formula is C16H15N3O6. The first kappa shape index (κ1) is 17.9. The molecule has 0 aliphatic rings. The van der Waals surface area contributed by atoms with Crippen LogP contribution in [-0.2, 0) is 4.79 Å². The lowest BCUT2D eigenvalue weighted by Crippen LogP contribution is -2.21. The fourth-order valence-electron chi connectivity index (χ4n) is 2.07. The number of ether oxygens (including phenoxy) is 1. The minimum Gasteiger partial charge on any atom is -0.484 e. The smallest absolute Gasteiger partial charge is 0.293 e. The number of aryl methyl sites for hydroxylation is 2. The van der Waals surface area contributed by atoms with Crippen molar-refractivity contribution in [3.05, 3.63) is 67.8 Å². The first-order valence-electron chi connectivity index (χ1n) is 7.20. The van der Waals surface area contributed by atoms with Crippen LogP contribution in [0.1, 0.15) is 11.1 Å². The molecule has 0 radical (unpaired) electrons. The van der Waals surface area contributed by atoms with E-state index in [9.17, 15) is 25.0 Å². The van der Waals surface area contributed by atoms with Crippen LogP contribution in [0.15, 0.2) is 36.4 Å². The van der Waals surface area contributed by atoms with Crippen LogP contribution in [0.5, 0.6) is 5.75 Å². The zero-order chi connectivity index (χ0) is 18.6. The Kier molecular flexibility index (Phi) is 5.28. The van der Waals surface area contributed by atoms with Crippen molar-refractivity contribution < 1.29 is 19.4 Å². The summed E-state index contributed by atoms with van der Waals surface area (Å²) in [5, 5.41) is 24.2. The Morgan fingerprint density at radius 3 is 2.40 bits per heavy atom. The van der Waals surface area contributed by atoms with E-state index in [-0.39, 0.29) is 22.8 Å². The molecule has 0 heterocycles. The highest BCUT2D eigenvalue weighted by molar-refractivity contribution is 5.94. The molecule has 0 aromatic heterocycles. The summed E-state index contributed by atoms with van der Waals surface area (Å²) >= 11 is 0. The summed E-state index contributed by atoms with van der Waals surface area (Å²) in [6, 6.07) is 8.28. The van der Waals surface area contributed by atoms with Crippen molar-refractivity contribution in [1.29, 1.82) is 0 Å². The quantitative estimate of drug-likeness (QED) is 0.633. The number of benzene rings is 2. The maximum atomic E-state index is 12.0. The number of nitrogens with zero attached hydrogens (tertiary/aromatic N) is 2. The molecule has 1 N–H and O–H groups in total. The third kappa shape index (κ3) is 4.50. The van der Waals surface area contributed by atoms with Crippen molar-refractivity contribution >= 4 is 23.0 Å². The van der Waals surface area contributed by atoms with E-state index in [2.05, 4.69) is 5.32 Å². The van der Waals surface area contributed by atoms with Gasteiger partial charge in [0.15, 0.2) is 6.61 Å². The molecule has 0 spiro atoms. The van der Waals surface area contributed by atoms with Gasteiger partial charge < -0.3 is 10.1 Å². The second-order valence-corrected chi connectivity index (χ2v) is 5.30. The molecule has 0 atom stereocenters. The summed E-state index contributed by atoms with van der Waals surface area (Å²) < 4.78 is 5.20. The van der Waals surface area contributed by atoms with Gasteiger partial charge in [-0.05, 0) is 37.1 Å². The highest BCUT2D eigenvalue weighted by Crippen LogP contribution is 2.28. The van der Waals surface area contributed by atoms with E-state index in [4.69, 9.17) is 4.74 Å². The van der Waals surface area contributed by atoms with Crippen molar-refractivity contribution in [2.45, 2.75) is 13.8 Å². The first-order chi connectivity index (χ1) is 11.8. The van der Waals surface area contributed by atoms with Gasteiger partial charge in [-0.3, -0.25) is 25.0 Å². The third-order valence-corrected chi connectivity index (χ3v) is 3.48. The zero-order valence-electron chi connectivity index (χ0n) is 13.5. The molecule has 0 unspecified atom stereocenters. The predicted molar refractivity (Wildman–Crippen MR) is 89.8 cm³/mol. The van der Waals surface area contributed by atoms with Gasteiger partial charge in [0.05, 0.1) is 15.9 Å². The van der Waals surface area contributed by atoms with E-state index in [1.165, 1.54) is 36.4 Å². The van der Waals surface area contributed by atoms with Gasteiger partial charge in [-0.15, -0.1) is 0 Å². The van der Waals surface area contributed by atoms with Crippen LogP contribution in [-0.4, -0.2) is 22.4 Å². The molecule has 9 nitrogen and oxygen atoms in total. The van der Waals surface area contributed by atoms with Crippen LogP contribution in [0.2, 0.25) is 0 Å². The predicted octanol–water partition coefficient (Wildman–Crippen LogP) is 3.14. The Bertz CT molecular complexity index is 850. The summed E-state index contributed by atoms with van der Waals surface area (Å²) in [6.45, 7) is 3.07. The summed E-state index contributed by atoms with van der Waals surface area (Å²) in [6.07, 6.45) is 0. The molecule has 0 fully saturated rings. The van der Waals surface area contributed by atoms with E-state index in [1.807, 2.05) is 0 Å². The largest absolute Gasteiger partial charge is 0.484 e. The fraction of sp³-hybridized carbons (Fsp3) is 0.188. The van der Waals surface area contributed by atoms with E-state index in [0.29, 0.717) is 0 Å². The van der Waals surface area contributed by atoms with Gasteiger partial charge in [-0.2, -0.15) is 0 Å². The van der Waals surface area contributed by atoms with Crippen LogP contribution in [0.4, 0.5) is 17.1 Å². The van der Waals surface area contributed by atoms with Crippen molar-refractivity contribution in [3.8, 4) is 5.75 Å².